The molecule has 0 saturated carbocycles. The van der Waals surface area contributed by atoms with Gasteiger partial charge in [-0.3, -0.25) is 4.79 Å². The quantitative estimate of drug-likeness (QED) is 0.414. The van der Waals surface area contributed by atoms with Crippen LogP contribution in [0.2, 0.25) is 0 Å². The number of rotatable bonds is 6. The van der Waals surface area contributed by atoms with Crippen molar-refractivity contribution in [2.24, 2.45) is 0 Å². The molecule has 9 nitrogen and oxygen atoms in total. The van der Waals surface area contributed by atoms with E-state index in [1.807, 2.05) is 0 Å². The van der Waals surface area contributed by atoms with Crippen LogP contribution in [0.4, 0.5) is 30.4 Å². The summed E-state index contributed by atoms with van der Waals surface area (Å²) >= 11 is 0. The Morgan fingerprint density at radius 1 is 1.03 bits per heavy atom. The smallest absolute Gasteiger partial charge is 0.404 e. The first kappa shape index (κ1) is 23.0. The van der Waals surface area contributed by atoms with Crippen LogP contribution >= 0.6 is 0 Å². The second-order valence-corrected chi connectivity index (χ2v) is 8.74. The molecule has 1 amide bonds. The minimum Gasteiger partial charge on any atom is -0.404 e. The molecule has 0 bridgehead atoms. The van der Waals surface area contributed by atoms with Crippen molar-refractivity contribution in [3.05, 3.63) is 67.0 Å². The summed E-state index contributed by atoms with van der Waals surface area (Å²) in [7, 11) is -4.56. The lowest BCUT2D eigenvalue weighted by molar-refractivity contribution is -0.275. The summed E-state index contributed by atoms with van der Waals surface area (Å²) in [6.45, 7) is 1.37. The van der Waals surface area contributed by atoms with E-state index < -0.39 is 27.0 Å². The van der Waals surface area contributed by atoms with E-state index in [-0.39, 0.29) is 17.2 Å². The van der Waals surface area contributed by atoms with Crippen molar-refractivity contribution in [2.45, 2.75) is 18.2 Å². The van der Waals surface area contributed by atoms with Gasteiger partial charge in [0, 0.05) is 35.9 Å². The Labute approximate surface area is 191 Å². The van der Waals surface area contributed by atoms with E-state index in [1.165, 1.54) is 37.5 Å². The number of anilines is 3. The molecule has 13 heteroatoms. The van der Waals surface area contributed by atoms with Gasteiger partial charge >= 0.3 is 6.36 Å². The van der Waals surface area contributed by atoms with Crippen molar-refractivity contribution in [1.29, 1.82) is 0 Å². The molecule has 0 spiro atoms. The summed E-state index contributed by atoms with van der Waals surface area (Å²) in [4.78, 5) is 14.8. The maximum absolute atomic E-state index is 13.2. The van der Waals surface area contributed by atoms with Crippen LogP contribution in [0.15, 0.2) is 71.9 Å². The molecule has 0 aliphatic rings. The number of hydrogen-bond donors (Lipinski definition) is 2. The predicted molar refractivity (Wildman–Crippen MR) is 117 cm³/mol. The highest BCUT2D eigenvalue weighted by Crippen LogP contribution is 2.32. The number of nitrogens with one attached hydrogen (secondary N) is 2. The second kappa shape index (κ2) is 8.67. The highest BCUT2D eigenvalue weighted by molar-refractivity contribution is 7.90. The molecular formula is C21H16F3N5O4S. The van der Waals surface area contributed by atoms with Gasteiger partial charge in [0.05, 0.1) is 11.7 Å². The Bertz CT molecular complexity index is 1490. The van der Waals surface area contributed by atoms with Crippen molar-refractivity contribution in [1.82, 2.24) is 14.2 Å². The van der Waals surface area contributed by atoms with Crippen LogP contribution in [-0.4, -0.2) is 34.9 Å². The van der Waals surface area contributed by atoms with Gasteiger partial charge in [0.25, 0.3) is 10.0 Å². The Hall–Kier alpha value is -4.13. The zero-order chi connectivity index (χ0) is 24.5. The van der Waals surface area contributed by atoms with Crippen LogP contribution in [0, 0.1) is 0 Å². The summed E-state index contributed by atoms with van der Waals surface area (Å²) in [5, 5.41) is 9.82. The number of nitrogens with zero attached hydrogens (tertiary/aromatic N) is 3. The number of para-hydroxylation sites is 1. The number of hydrogen-bond acceptors (Lipinski definition) is 7. The van der Waals surface area contributed by atoms with E-state index in [2.05, 4.69) is 25.5 Å². The van der Waals surface area contributed by atoms with Crippen LogP contribution in [0.3, 0.4) is 0 Å². The largest absolute Gasteiger partial charge is 0.573 e. The molecular weight excluding hydrogens is 475 g/mol. The summed E-state index contributed by atoms with van der Waals surface area (Å²) in [5.74, 6) is -0.884. The number of alkyl halides is 3. The van der Waals surface area contributed by atoms with Crippen LogP contribution in [-0.2, 0) is 14.8 Å². The van der Waals surface area contributed by atoms with Crippen LogP contribution in [0.5, 0.6) is 5.75 Å². The van der Waals surface area contributed by atoms with E-state index in [0.29, 0.717) is 20.8 Å². The molecule has 0 fully saturated rings. The molecule has 2 N–H and O–H groups in total. The molecule has 2 aromatic heterocycles. The van der Waals surface area contributed by atoms with Crippen LogP contribution in [0.25, 0.3) is 10.9 Å². The maximum Gasteiger partial charge on any atom is 0.573 e. The number of amides is 1. The molecule has 2 heterocycles. The SMILES string of the molecule is CC(=O)Nc1cccc(Nc2cc3c(cn2)cnn3S(=O)(=O)c2ccccc2OC(F)(F)F)c1. The molecule has 0 saturated heterocycles. The van der Waals surface area contributed by atoms with Gasteiger partial charge in [0.1, 0.15) is 16.5 Å². The third-order valence-electron chi connectivity index (χ3n) is 4.46. The summed E-state index contributed by atoms with van der Waals surface area (Å²) < 4.78 is 69.3. The molecule has 4 rings (SSSR count). The van der Waals surface area contributed by atoms with E-state index in [0.717, 1.165) is 12.1 Å². The van der Waals surface area contributed by atoms with E-state index in [4.69, 9.17) is 0 Å². The monoisotopic (exact) mass is 491 g/mol. The molecule has 0 atom stereocenters. The summed E-state index contributed by atoms with van der Waals surface area (Å²) in [5.41, 5.74) is 1.17. The third-order valence-corrected chi connectivity index (χ3v) is 6.09. The number of pyridine rings is 1. The Balaban J connectivity index is 1.72. The minimum atomic E-state index is -5.08. The zero-order valence-electron chi connectivity index (χ0n) is 17.4. The fourth-order valence-corrected chi connectivity index (χ4v) is 4.54. The molecule has 34 heavy (non-hydrogen) atoms. The number of benzene rings is 2. The summed E-state index contributed by atoms with van der Waals surface area (Å²) in [6, 6.07) is 12.5. The van der Waals surface area contributed by atoms with E-state index in [1.54, 1.807) is 24.3 Å². The topological polar surface area (TPSA) is 115 Å². The van der Waals surface area contributed by atoms with Gasteiger partial charge in [-0.1, -0.05) is 18.2 Å². The van der Waals surface area contributed by atoms with Gasteiger partial charge in [-0.25, -0.2) is 4.98 Å². The average Bonchev–Trinajstić information content (AvgIpc) is 3.17. The first-order valence-corrected chi connectivity index (χ1v) is 11.1. The fourth-order valence-electron chi connectivity index (χ4n) is 3.15. The predicted octanol–water partition coefficient (Wildman–Crippen LogP) is 4.27. The van der Waals surface area contributed by atoms with Crippen LogP contribution < -0.4 is 15.4 Å². The lowest BCUT2D eigenvalue weighted by Crippen LogP contribution is -2.21. The van der Waals surface area contributed by atoms with Crippen molar-refractivity contribution >= 4 is 44.0 Å². The molecule has 176 valence electrons. The highest BCUT2D eigenvalue weighted by atomic mass is 32.2. The first-order chi connectivity index (χ1) is 16.0. The third kappa shape index (κ3) is 4.93. The first-order valence-electron chi connectivity index (χ1n) is 9.62. The number of fused-ring (bicyclic) bond motifs is 1. The standard InChI is InChI=1S/C21H16F3N5O4S/c1-13(30)27-15-5-4-6-16(9-15)28-20-10-17-14(11-25-20)12-26-29(17)34(31,32)19-8-3-2-7-18(19)33-21(22,23)24/h2-12H,1H3,(H,25,28)(H,27,30). The van der Waals surface area contributed by atoms with Gasteiger partial charge in [0.15, 0.2) is 0 Å². The molecule has 0 unspecified atom stereocenters. The van der Waals surface area contributed by atoms with E-state index in [9.17, 15) is 26.4 Å². The van der Waals surface area contributed by atoms with Gasteiger partial charge in [0.2, 0.25) is 5.91 Å². The highest BCUT2D eigenvalue weighted by Gasteiger charge is 2.35. The van der Waals surface area contributed by atoms with Crippen molar-refractivity contribution in [3.63, 3.8) is 0 Å². The van der Waals surface area contributed by atoms with Crippen molar-refractivity contribution in [2.75, 3.05) is 10.6 Å². The Morgan fingerprint density at radius 2 is 1.76 bits per heavy atom. The van der Waals surface area contributed by atoms with Crippen molar-refractivity contribution in [3.8, 4) is 5.75 Å². The number of carbonyl (C=O) groups is 1. The van der Waals surface area contributed by atoms with Gasteiger partial charge in [-0.15, -0.1) is 13.2 Å². The number of carbonyl (C=O) groups excluding carboxylic acids is 1. The number of aromatic nitrogens is 3. The van der Waals surface area contributed by atoms with Crippen LogP contribution in [0.1, 0.15) is 6.92 Å². The Morgan fingerprint density at radius 3 is 2.50 bits per heavy atom. The molecule has 0 aliphatic heterocycles. The second-order valence-electron chi connectivity index (χ2n) is 7.00. The summed E-state index contributed by atoms with van der Waals surface area (Å²) in [6.07, 6.45) is -2.48. The lowest BCUT2D eigenvalue weighted by Gasteiger charge is -2.14. The normalized spacial score (nSPS) is 11.9. The number of ether oxygens (including phenoxy) is 1. The van der Waals surface area contributed by atoms with Gasteiger partial charge < -0.3 is 15.4 Å². The molecule has 0 radical (unpaired) electrons. The maximum atomic E-state index is 13.2. The van der Waals surface area contributed by atoms with E-state index >= 15 is 0 Å². The van der Waals surface area contributed by atoms with Gasteiger partial charge in [-0.2, -0.15) is 17.6 Å². The molecule has 0 aliphatic carbocycles. The fraction of sp³-hybridized carbons (Fsp3) is 0.0952. The Kier molecular flexibility index (Phi) is 5.87. The van der Waals surface area contributed by atoms with Gasteiger partial charge in [-0.05, 0) is 30.3 Å². The number of halogens is 3. The lowest BCUT2D eigenvalue weighted by atomic mass is 10.2. The average molecular weight is 491 g/mol. The van der Waals surface area contributed by atoms with Crippen molar-refractivity contribution < 1.29 is 31.1 Å². The zero-order valence-corrected chi connectivity index (χ0v) is 18.2. The molecule has 2 aromatic carbocycles. The molecule has 4 aromatic rings. The minimum absolute atomic E-state index is 0.0809.